The third-order valence-corrected chi connectivity index (χ3v) is 3.02. The van der Waals surface area contributed by atoms with E-state index in [1.54, 1.807) is 0 Å². The number of carbonyl (C=O) groups is 2. The average molecular weight is 294 g/mol. The zero-order chi connectivity index (χ0) is 14.6. The standard InChI is InChI=1S/C15H22N2O2S/c18-14(16-11-12-20)9-5-2-6-10-15(19)17-13-7-3-1-4-8-13/h1,3-4,7-8,20H,2,5-6,9-12H2,(H,16,18)(H,17,19). The SMILES string of the molecule is O=C(CCCCCC(=O)Nc1ccccc1)NCCS. The Bertz CT molecular complexity index is 410. The second-order valence-corrected chi connectivity index (χ2v) is 5.00. The molecule has 0 unspecified atom stereocenters. The minimum atomic E-state index is 0.0238. The Balaban J connectivity index is 2.04. The third-order valence-electron chi connectivity index (χ3n) is 2.80. The Morgan fingerprint density at radius 1 is 0.950 bits per heavy atom. The molecule has 1 aromatic rings. The molecule has 0 bridgehead atoms. The van der Waals surface area contributed by atoms with Crippen LogP contribution < -0.4 is 10.6 Å². The van der Waals surface area contributed by atoms with Gasteiger partial charge in [0.1, 0.15) is 0 Å². The normalized spacial score (nSPS) is 10.1. The van der Waals surface area contributed by atoms with Crippen LogP contribution in [0.15, 0.2) is 30.3 Å². The van der Waals surface area contributed by atoms with E-state index in [0.717, 1.165) is 24.9 Å². The summed E-state index contributed by atoms with van der Waals surface area (Å²) in [5.74, 6) is 0.745. The van der Waals surface area contributed by atoms with Gasteiger partial charge in [-0.1, -0.05) is 24.6 Å². The molecular weight excluding hydrogens is 272 g/mol. The van der Waals surface area contributed by atoms with Crippen molar-refractivity contribution in [3.63, 3.8) is 0 Å². The summed E-state index contributed by atoms with van der Waals surface area (Å²) < 4.78 is 0. The molecular formula is C15H22N2O2S. The fourth-order valence-corrected chi connectivity index (χ4v) is 1.89. The fourth-order valence-electron chi connectivity index (χ4n) is 1.78. The number of thiol groups is 1. The highest BCUT2D eigenvalue weighted by Crippen LogP contribution is 2.08. The van der Waals surface area contributed by atoms with Crippen LogP contribution in [0.25, 0.3) is 0 Å². The monoisotopic (exact) mass is 294 g/mol. The van der Waals surface area contributed by atoms with Crippen molar-refractivity contribution in [2.24, 2.45) is 0 Å². The predicted octanol–water partition coefficient (Wildman–Crippen LogP) is 2.62. The highest BCUT2D eigenvalue weighted by atomic mass is 32.1. The van der Waals surface area contributed by atoms with Crippen molar-refractivity contribution in [2.75, 3.05) is 17.6 Å². The summed E-state index contributed by atoms with van der Waals surface area (Å²) >= 11 is 4.02. The van der Waals surface area contributed by atoms with Crippen LogP contribution in [-0.2, 0) is 9.59 Å². The lowest BCUT2D eigenvalue weighted by Gasteiger charge is -2.05. The van der Waals surface area contributed by atoms with Gasteiger partial charge in [-0.25, -0.2) is 0 Å². The second-order valence-electron chi connectivity index (χ2n) is 4.55. The molecule has 0 aliphatic carbocycles. The van der Waals surface area contributed by atoms with Crippen molar-refractivity contribution in [3.8, 4) is 0 Å². The molecule has 5 heteroatoms. The molecule has 0 spiro atoms. The molecule has 0 atom stereocenters. The Labute approximate surface area is 125 Å². The average Bonchev–Trinajstić information content (AvgIpc) is 2.45. The first-order valence-electron chi connectivity index (χ1n) is 6.95. The van der Waals surface area contributed by atoms with Crippen LogP contribution in [0.1, 0.15) is 32.1 Å². The topological polar surface area (TPSA) is 58.2 Å². The van der Waals surface area contributed by atoms with E-state index in [9.17, 15) is 9.59 Å². The number of nitrogens with one attached hydrogen (secondary N) is 2. The number of anilines is 1. The quantitative estimate of drug-likeness (QED) is 0.484. The van der Waals surface area contributed by atoms with Gasteiger partial charge in [-0.05, 0) is 25.0 Å². The van der Waals surface area contributed by atoms with Crippen LogP contribution in [0.5, 0.6) is 0 Å². The van der Waals surface area contributed by atoms with E-state index in [2.05, 4.69) is 23.3 Å². The summed E-state index contributed by atoms with van der Waals surface area (Å²) in [5, 5.41) is 5.61. The Morgan fingerprint density at radius 3 is 2.25 bits per heavy atom. The Morgan fingerprint density at radius 2 is 1.60 bits per heavy atom. The molecule has 2 N–H and O–H groups in total. The van der Waals surface area contributed by atoms with Crippen molar-refractivity contribution in [3.05, 3.63) is 30.3 Å². The number of amides is 2. The van der Waals surface area contributed by atoms with Gasteiger partial charge in [-0.2, -0.15) is 12.6 Å². The molecule has 1 aromatic carbocycles. The summed E-state index contributed by atoms with van der Waals surface area (Å²) in [5.41, 5.74) is 0.823. The second kappa shape index (κ2) is 10.3. The largest absolute Gasteiger partial charge is 0.355 e. The first-order chi connectivity index (χ1) is 9.72. The minimum Gasteiger partial charge on any atom is -0.355 e. The van der Waals surface area contributed by atoms with Crippen molar-refractivity contribution in [2.45, 2.75) is 32.1 Å². The van der Waals surface area contributed by atoms with Gasteiger partial charge in [0, 0.05) is 30.8 Å². The van der Waals surface area contributed by atoms with E-state index in [1.807, 2.05) is 30.3 Å². The molecule has 0 saturated carbocycles. The molecule has 0 aliphatic heterocycles. The molecule has 4 nitrogen and oxygen atoms in total. The van der Waals surface area contributed by atoms with Gasteiger partial charge < -0.3 is 10.6 Å². The third kappa shape index (κ3) is 7.84. The number of hydrogen-bond acceptors (Lipinski definition) is 3. The van der Waals surface area contributed by atoms with E-state index in [0.29, 0.717) is 25.1 Å². The lowest BCUT2D eigenvalue weighted by Crippen LogP contribution is -2.24. The van der Waals surface area contributed by atoms with Crippen LogP contribution >= 0.6 is 12.6 Å². The number of hydrogen-bond donors (Lipinski definition) is 3. The van der Waals surface area contributed by atoms with Crippen LogP contribution in [0, 0.1) is 0 Å². The Hall–Kier alpha value is -1.49. The summed E-state index contributed by atoms with van der Waals surface area (Å²) in [6.45, 7) is 0.613. The molecule has 2 amide bonds. The van der Waals surface area contributed by atoms with Crippen LogP contribution in [0.3, 0.4) is 0 Å². The van der Waals surface area contributed by atoms with Crippen LogP contribution in [-0.4, -0.2) is 24.1 Å². The van der Waals surface area contributed by atoms with E-state index in [1.165, 1.54) is 0 Å². The van der Waals surface area contributed by atoms with Gasteiger partial charge >= 0.3 is 0 Å². The van der Waals surface area contributed by atoms with Crippen molar-refractivity contribution in [1.29, 1.82) is 0 Å². The molecule has 0 radical (unpaired) electrons. The Kier molecular flexibility index (Phi) is 8.54. The molecule has 20 heavy (non-hydrogen) atoms. The maximum atomic E-state index is 11.7. The minimum absolute atomic E-state index is 0.0238. The van der Waals surface area contributed by atoms with Gasteiger partial charge in [0.05, 0.1) is 0 Å². The number of para-hydroxylation sites is 1. The molecule has 1 rings (SSSR count). The zero-order valence-electron chi connectivity index (χ0n) is 11.6. The fraction of sp³-hybridized carbons (Fsp3) is 0.467. The molecule has 110 valence electrons. The summed E-state index contributed by atoms with van der Waals surface area (Å²) in [6.07, 6.45) is 3.52. The lowest BCUT2D eigenvalue weighted by molar-refractivity contribution is -0.121. The van der Waals surface area contributed by atoms with Gasteiger partial charge in [0.15, 0.2) is 0 Å². The van der Waals surface area contributed by atoms with E-state index < -0.39 is 0 Å². The predicted molar refractivity (Wildman–Crippen MR) is 85.0 cm³/mol. The van der Waals surface area contributed by atoms with Crippen molar-refractivity contribution in [1.82, 2.24) is 5.32 Å². The number of carbonyl (C=O) groups excluding carboxylic acids is 2. The van der Waals surface area contributed by atoms with Crippen molar-refractivity contribution < 1.29 is 9.59 Å². The molecule has 0 fully saturated rings. The summed E-state index contributed by atoms with van der Waals surface area (Å²) in [6, 6.07) is 9.42. The number of rotatable bonds is 9. The first-order valence-corrected chi connectivity index (χ1v) is 7.58. The highest BCUT2D eigenvalue weighted by molar-refractivity contribution is 7.80. The number of benzene rings is 1. The summed E-state index contributed by atoms with van der Waals surface area (Å²) in [4.78, 5) is 23.0. The number of unbranched alkanes of at least 4 members (excludes halogenated alkanes) is 2. The molecule has 0 saturated heterocycles. The smallest absolute Gasteiger partial charge is 0.224 e. The molecule has 0 aliphatic rings. The van der Waals surface area contributed by atoms with Gasteiger partial charge in [-0.15, -0.1) is 0 Å². The maximum Gasteiger partial charge on any atom is 0.224 e. The highest BCUT2D eigenvalue weighted by Gasteiger charge is 2.03. The van der Waals surface area contributed by atoms with Crippen molar-refractivity contribution >= 4 is 30.1 Å². The van der Waals surface area contributed by atoms with E-state index >= 15 is 0 Å². The molecule has 0 aromatic heterocycles. The first kappa shape index (κ1) is 16.6. The molecule has 0 heterocycles. The maximum absolute atomic E-state index is 11.7. The van der Waals surface area contributed by atoms with Crippen LogP contribution in [0.4, 0.5) is 5.69 Å². The summed E-state index contributed by atoms with van der Waals surface area (Å²) in [7, 11) is 0. The van der Waals surface area contributed by atoms with Gasteiger partial charge in [0.2, 0.25) is 11.8 Å². The van der Waals surface area contributed by atoms with Gasteiger partial charge in [0.25, 0.3) is 0 Å². The van der Waals surface area contributed by atoms with Gasteiger partial charge in [-0.3, -0.25) is 9.59 Å². The zero-order valence-corrected chi connectivity index (χ0v) is 12.5. The van der Waals surface area contributed by atoms with Crippen LogP contribution in [0.2, 0.25) is 0 Å². The van der Waals surface area contributed by atoms with E-state index in [-0.39, 0.29) is 11.8 Å². The lowest BCUT2D eigenvalue weighted by atomic mass is 10.1. The van der Waals surface area contributed by atoms with E-state index in [4.69, 9.17) is 0 Å².